The van der Waals surface area contributed by atoms with Gasteiger partial charge in [-0.05, 0) is 36.5 Å². The van der Waals surface area contributed by atoms with Crippen LogP contribution in [0.25, 0.3) is 6.08 Å². The summed E-state index contributed by atoms with van der Waals surface area (Å²) in [4.78, 5) is 4.35. The monoisotopic (exact) mass is 186 g/mol. The zero-order valence-electron chi connectivity index (χ0n) is 8.45. The molecule has 1 aromatic heterocycles. The summed E-state index contributed by atoms with van der Waals surface area (Å²) >= 11 is 0. The number of hydrogen-bond donors (Lipinski definition) is 0. The molecule has 0 saturated heterocycles. The predicted octanol–water partition coefficient (Wildman–Crippen LogP) is 1.96. The quantitative estimate of drug-likeness (QED) is 0.589. The molecule has 0 amide bonds. The van der Waals surface area contributed by atoms with E-state index in [2.05, 4.69) is 28.8 Å². The maximum Gasteiger partial charge on any atom is 0.0626 e. The zero-order valence-corrected chi connectivity index (χ0v) is 8.45. The van der Waals surface area contributed by atoms with E-state index >= 15 is 0 Å². The minimum atomic E-state index is 0.965. The highest BCUT2D eigenvalue weighted by Gasteiger charge is 2.20. The molecule has 2 aliphatic rings. The van der Waals surface area contributed by atoms with E-state index in [0.29, 0.717) is 0 Å². The van der Waals surface area contributed by atoms with Gasteiger partial charge in [0, 0.05) is 25.5 Å². The van der Waals surface area contributed by atoms with Crippen LogP contribution in [0, 0.1) is 0 Å². The fourth-order valence-corrected chi connectivity index (χ4v) is 2.53. The first kappa shape index (κ1) is 8.04. The van der Waals surface area contributed by atoms with Gasteiger partial charge in [0.05, 0.1) is 5.69 Å². The van der Waals surface area contributed by atoms with Gasteiger partial charge in [-0.1, -0.05) is 6.08 Å². The molecule has 72 valence electrons. The minimum absolute atomic E-state index is 0.965. The Balaban J connectivity index is 2.29. The molecule has 2 heteroatoms. The molecule has 1 aliphatic heterocycles. The van der Waals surface area contributed by atoms with Gasteiger partial charge in [-0.15, -0.1) is 0 Å². The summed E-state index contributed by atoms with van der Waals surface area (Å²) in [5.41, 5.74) is 5.83. The van der Waals surface area contributed by atoms with Gasteiger partial charge in [-0.2, -0.15) is 0 Å². The summed E-state index contributed by atoms with van der Waals surface area (Å²) in [5.74, 6) is 0. The molecular weight excluding hydrogens is 172 g/mol. The lowest BCUT2D eigenvalue weighted by atomic mass is 9.97. The molecule has 0 N–H and O–H groups in total. The van der Waals surface area contributed by atoms with E-state index in [1.807, 2.05) is 6.21 Å². The smallest absolute Gasteiger partial charge is 0.0626 e. The number of aromatic nitrogens is 1. The SMILES string of the molecule is Cn1c2c(c3c1C=NCC3)CCC=C2. The molecule has 1 aliphatic carbocycles. The van der Waals surface area contributed by atoms with Crippen molar-refractivity contribution in [2.24, 2.45) is 12.0 Å². The normalized spacial score (nSPS) is 18.1. The Labute approximate surface area is 84.0 Å². The molecule has 1 aromatic rings. The number of fused-ring (bicyclic) bond motifs is 3. The Morgan fingerprint density at radius 2 is 2.07 bits per heavy atom. The minimum Gasteiger partial charge on any atom is -0.343 e. The van der Waals surface area contributed by atoms with E-state index in [1.54, 1.807) is 11.1 Å². The number of rotatable bonds is 0. The van der Waals surface area contributed by atoms with Gasteiger partial charge in [0.2, 0.25) is 0 Å². The summed E-state index contributed by atoms with van der Waals surface area (Å²) in [6, 6.07) is 0. The van der Waals surface area contributed by atoms with Crippen LogP contribution in [-0.4, -0.2) is 17.3 Å². The molecule has 0 unspecified atom stereocenters. The standard InChI is InChI=1S/C12H14N2/c1-14-11-5-3-2-4-9(11)10-6-7-13-8-12(10)14/h3,5,8H,2,4,6-7H2,1H3. The fourth-order valence-electron chi connectivity index (χ4n) is 2.53. The Kier molecular flexibility index (Phi) is 1.63. The first-order valence-corrected chi connectivity index (χ1v) is 5.24. The molecular formula is C12H14N2. The van der Waals surface area contributed by atoms with Crippen LogP contribution in [0.2, 0.25) is 0 Å². The van der Waals surface area contributed by atoms with Crippen LogP contribution in [0.3, 0.4) is 0 Å². The van der Waals surface area contributed by atoms with Crippen molar-refractivity contribution in [3.05, 3.63) is 28.6 Å². The zero-order chi connectivity index (χ0) is 9.54. The highest BCUT2D eigenvalue weighted by molar-refractivity contribution is 5.83. The van der Waals surface area contributed by atoms with Gasteiger partial charge in [0.25, 0.3) is 0 Å². The van der Waals surface area contributed by atoms with Gasteiger partial charge >= 0.3 is 0 Å². The van der Waals surface area contributed by atoms with Crippen LogP contribution >= 0.6 is 0 Å². The average molecular weight is 186 g/mol. The maximum atomic E-state index is 4.35. The van der Waals surface area contributed by atoms with Crippen molar-refractivity contribution in [3.63, 3.8) is 0 Å². The lowest BCUT2D eigenvalue weighted by Crippen LogP contribution is -2.05. The lowest BCUT2D eigenvalue weighted by Gasteiger charge is -2.09. The largest absolute Gasteiger partial charge is 0.343 e. The van der Waals surface area contributed by atoms with Crippen molar-refractivity contribution in [2.45, 2.75) is 19.3 Å². The van der Waals surface area contributed by atoms with Crippen molar-refractivity contribution in [2.75, 3.05) is 6.54 Å². The second-order valence-corrected chi connectivity index (χ2v) is 4.01. The molecule has 0 aromatic carbocycles. The van der Waals surface area contributed by atoms with Gasteiger partial charge in [-0.3, -0.25) is 4.99 Å². The van der Waals surface area contributed by atoms with Crippen LogP contribution in [0.15, 0.2) is 11.1 Å². The Bertz CT molecular complexity index is 396. The summed E-state index contributed by atoms with van der Waals surface area (Å²) in [6.45, 7) is 0.965. The number of allylic oxidation sites excluding steroid dienone is 1. The highest BCUT2D eigenvalue weighted by atomic mass is 15.0. The first-order valence-electron chi connectivity index (χ1n) is 5.24. The summed E-state index contributed by atoms with van der Waals surface area (Å²) < 4.78 is 2.28. The van der Waals surface area contributed by atoms with Gasteiger partial charge < -0.3 is 4.57 Å². The van der Waals surface area contributed by atoms with E-state index in [0.717, 1.165) is 13.0 Å². The third-order valence-electron chi connectivity index (χ3n) is 3.25. The van der Waals surface area contributed by atoms with E-state index < -0.39 is 0 Å². The van der Waals surface area contributed by atoms with Gasteiger partial charge in [-0.25, -0.2) is 0 Å². The average Bonchev–Trinajstić information content (AvgIpc) is 2.55. The lowest BCUT2D eigenvalue weighted by molar-refractivity contribution is 0.870. The Morgan fingerprint density at radius 3 is 3.00 bits per heavy atom. The predicted molar refractivity (Wildman–Crippen MR) is 58.9 cm³/mol. The van der Waals surface area contributed by atoms with E-state index in [4.69, 9.17) is 0 Å². The van der Waals surface area contributed by atoms with Crippen LogP contribution in [0.1, 0.15) is 28.9 Å². The van der Waals surface area contributed by atoms with Crippen molar-refractivity contribution in [1.29, 1.82) is 0 Å². The van der Waals surface area contributed by atoms with Crippen molar-refractivity contribution in [3.8, 4) is 0 Å². The Hall–Kier alpha value is -1.31. The van der Waals surface area contributed by atoms with Crippen molar-refractivity contribution < 1.29 is 0 Å². The topological polar surface area (TPSA) is 17.3 Å². The highest BCUT2D eigenvalue weighted by Crippen LogP contribution is 2.29. The molecule has 2 heterocycles. The van der Waals surface area contributed by atoms with Gasteiger partial charge in [0.15, 0.2) is 0 Å². The summed E-state index contributed by atoms with van der Waals surface area (Å²) in [6.07, 6.45) is 10.1. The Morgan fingerprint density at radius 1 is 1.21 bits per heavy atom. The molecule has 0 spiro atoms. The van der Waals surface area contributed by atoms with E-state index in [9.17, 15) is 0 Å². The third kappa shape index (κ3) is 0.939. The van der Waals surface area contributed by atoms with E-state index in [1.165, 1.54) is 24.2 Å². The van der Waals surface area contributed by atoms with Crippen LogP contribution in [0.5, 0.6) is 0 Å². The fraction of sp³-hybridized carbons (Fsp3) is 0.417. The molecule has 2 nitrogen and oxygen atoms in total. The third-order valence-corrected chi connectivity index (χ3v) is 3.25. The van der Waals surface area contributed by atoms with Crippen molar-refractivity contribution >= 4 is 12.3 Å². The molecule has 0 bridgehead atoms. The molecule has 0 radical (unpaired) electrons. The second kappa shape index (κ2) is 2.84. The van der Waals surface area contributed by atoms with Gasteiger partial charge in [0.1, 0.15) is 0 Å². The second-order valence-electron chi connectivity index (χ2n) is 4.01. The number of nitrogens with zero attached hydrogens (tertiary/aromatic N) is 2. The molecule has 0 saturated carbocycles. The summed E-state index contributed by atoms with van der Waals surface area (Å²) in [5, 5.41) is 0. The van der Waals surface area contributed by atoms with Crippen LogP contribution in [-0.2, 0) is 19.9 Å². The van der Waals surface area contributed by atoms with E-state index in [-0.39, 0.29) is 0 Å². The van der Waals surface area contributed by atoms with Crippen LogP contribution < -0.4 is 0 Å². The molecule has 0 atom stereocenters. The van der Waals surface area contributed by atoms with Crippen molar-refractivity contribution in [1.82, 2.24) is 4.57 Å². The number of aliphatic imine (C=N–C) groups is 1. The maximum absolute atomic E-state index is 4.35. The van der Waals surface area contributed by atoms with Crippen LogP contribution in [0.4, 0.5) is 0 Å². The number of hydrogen-bond acceptors (Lipinski definition) is 1. The molecule has 0 fully saturated rings. The summed E-state index contributed by atoms with van der Waals surface area (Å²) in [7, 11) is 2.14. The molecule has 14 heavy (non-hydrogen) atoms. The molecule has 3 rings (SSSR count). The first-order chi connectivity index (χ1) is 6.88.